The maximum atomic E-state index is 13.4. The summed E-state index contributed by atoms with van der Waals surface area (Å²) in [6, 6.07) is 6.12. The van der Waals surface area contributed by atoms with E-state index < -0.39 is 0 Å². The standard InChI is InChI=1S/C13H14BrFN4O/c14-13-9(2-1-3-11(13)15)8-19-12(20)6-10(7-18-19)17-5-4-16/h1-3,6-7,17H,4-5,8,16H2. The number of benzene rings is 1. The van der Waals surface area contributed by atoms with E-state index in [0.29, 0.717) is 28.8 Å². The topological polar surface area (TPSA) is 72.9 Å². The van der Waals surface area contributed by atoms with Crippen LogP contribution in [0.1, 0.15) is 5.56 Å². The molecule has 0 aliphatic heterocycles. The zero-order valence-corrected chi connectivity index (χ0v) is 12.2. The van der Waals surface area contributed by atoms with Crippen molar-refractivity contribution in [1.29, 1.82) is 0 Å². The lowest BCUT2D eigenvalue weighted by molar-refractivity contribution is 0.603. The van der Waals surface area contributed by atoms with Crippen LogP contribution in [0.15, 0.2) is 39.7 Å². The fourth-order valence-electron chi connectivity index (χ4n) is 1.70. The van der Waals surface area contributed by atoms with Crippen molar-refractivity contribution in [2.75, 3.05) is 18.4 Å². The van der Waals surface area contributed by atoms with Crippen LogP contribution in [0, 0.1) is 5.82 Å². The number of nitrogens with zero attached hydrogens (tertiary/aromatic N) is 2. The van der Waals surface area contributed by atoms with E-state index in [0.717, 1.165) is 0 Å². The Morgan fingerprint density at radius 2 is 2.25 bits per heavy atom. The minimum absolute atomic E-state index is 0.203. The van der Waals surface area contributed by atoms with Crippen molar-refractivity contribution in [2.24, 2.45) is 5.73 Å². The summed E-state index contributed by atoms with van der Waals surface area (Å²) in [7, 11) is 0. The molecule has 5 nitrogen and oxygen atoms in total. The summed E-state index contributed by atoms with van der Waals surface area (Å²) >= 11 is 3.17. The average molecular weight is 341 g/mol. The molecule has 1 heterocycles. The Balaban J connectivity index is 2.22. The number of halogens is 2. The molecule has 0 aliphatic rings. The molecule has 20 heavy (non-hydrogen) atoms. The molecule has 0 spiro atoms. The summed E-state index contributed by atoms with van der Waals surface area (Å²) in [6.45, 7) is 1.24. The number of nitrogens with two attached hydrogens (primary N) is 1. The van der Waals surface area contributed by atoms with Gasteiger partial charge in [-0.2, -0.15) is 5.10 Å². The van der Waals surface area contributed by atoms with Gasteiger partial charge in [-0.05, 0) is 27.6 Å². The highest BCUT2D eigenvalue weighted by molar-refractivity contribution is 9.10. The van der Waals surface area contributed by atoms with Gasteiger partial charge >= 0.3 is 0 Å². The van der Waals surface area contributed by atoms with E-state index in [1.165, 1.54) is 16.8 Å². The molecule has 106 valence electrons. The Morgan fingerprint density at radius 3 is 2.95 bits per heavy atom. The molecule has 2 rings (SSSR count). The Kier molecular flexibility index (Phi) is 4.86. The van der Waals surface area contributed by atoms with E-state index in [1.54, 1.807) is 18.3 Å². The van der Waals surface area contributed by atoms with Gasteiger partial charge in [-0.3, -0.25) is 4.79 Å². The second-order valence-electron chi connectivity index (χ2n) is 4.17. The molecule has 3 N–H and O–H groups in total. The van der Waals surface area contributed by atoms with Crippen LogP contribution >= 0.6 is 15.9 Å². The normalized spacial score (nSPS) is 10.6. The van der Waals surface area contributed by atoms with Crippen molar-refractivity contribution >= 4 is 21.6 Å². The SMILES string of the molecule is NCCNc1cnn(Cc2cccc(F)c2Br)c(=O)c1. The molecule has 0 amide bonds. The van der Waals surface area contributed by atoms with E-state index >= 15 is 0 Å². The highest BCUT2D eigenvalue weighted by Crippen LogP contribution is 2.20. The maximum Gasteiger partial charge on any atom is 0.269 e. The van der Waals surface area contributed by atoms with E-state index in [1.807, 2.05) is 0 Å². The molecule has 0 atom stereocenters. The molecule has 2 aromatic rings. The predicted octanol–water partition coefficient (Wildman–Crippen LogP) is 1.56. The van der Waals surface area contributed by atoms with E-state index in [2.05, 4.69) is 26.3 Å². The first-order valence-electron chi connectivity index (χ1n) is 6.06. The zero-order valence-electron chi connectivity index (χ0n) is 10.6. The Labute approximate surface area is 123 Å². The molecule has 1 aromatic carbocycles. The van der Waals surface area contributed by atoms with Crippen LogP contribution in [0.25, 0.3) is 0 Å². The van der Waals surface area contributed by atoms with Gasteiger partial charge in [-0.25, -0.2) is 9.07 Å². The second kappa shape index (κ2) is 6.62. The van der Waals surface area contributed by atoms with Crippen molar-refractivity contribution in [1.82, 2.24) is 9.78 Å². The van der Waals surface area contributed by atoms with Crippen LogP contribution in [0.3, 0.4) is 0 Å². The summed E-state index contributed by atoms with van der Waals surface area (Å²) in [5, 5.41) is 7.03. The third-order valence-electron chi connectivity index (χ3n) is 2.69. The molecular weight excluding hydrogens is 327 g/mol. The first kappa shape index (κ1) is 14.7. The molecule has 0 saturated carbocycles. The number of rotatable bonds is 5. The number of hydrogen-bond donors (Lipinski definition) is 2. The van der Waals surface area contributed by atoms with E-state index in [9.17, 15) is 9.18 Å². The number of anilines is 1. The third-order valence-corrected chi connectivity index (χ3v) is 3.58. The monoisotopic (exact) mass is 340 g/mol. The molecule has 0 saturated heterocycles. The predicted molar refractivity (Wildman–Crippen MR) is 79.2 cm³/mol. The molecule has 0 unspecified atom stereocenters. The summed E-state index contributed by atoms with van der Waals surface area (Å²) in [4.78, 5) is 11.9. The van der Waals surface area contributed by atoms with Crippen molar-refractivity contribution < 1.29 is 4.39 Å². The molecule has 1 aromatic heterocycles. The Hall–Kier alpha value is -1.73. The van der Waals surface area contributed by atoms with Gasteiger partial charge in [-0.15, -0.1) is 0 Å². The van der Waals surface area contributed by atoms with Crippen molar-refractivity contribution in [3.05, 3.63) is 56.7 Å². The van der Waals surface area contributed by atoms with Crippen molar-refractivity contribution in [2.45, 2.75) is 6.54 Å². The Morgan fingerprint density at radius 1 is 1.45 bits per heavy atom. The number of hydrogen-bond acceptors (Lipinski definition) is 4. The van der Waals surface area contributed by atoms with Crippen molar-refractivity contribution in [3.8, 4) is 0 Å². The highest BCUT2D eigenvalue weighted by Gasteiger charge is 2.07. The van der Waals surface area contributed by atoms with Gasteiger partial charge in [0.2, 0.25) is 0 Å². The summed E-state index contributed by atoms with van der Waals surface area (Å²) < 4.78 is 15.0. The van der Waals surface area contributed by atoms with Gasteiger partial charge in [0.1, 0.15) is 5.82 Å². The van der Waals surface area contributed by atoms with E-state index in [4.69, 9.17) is 5.73 Å². The molecular formula is C13H14BrFN4O. The molecule has 7 heteroatoms. The van der Waals surface area contributed by atoms with Crippen LogP contribution in [0.4, 0.5) is 10.1 Å². The van der Waals surface area contributed by atoms with Crippen LogP contribution in [-0.2, 0) is 6.54 Å². The first-order chi connectivity index (χ1) is 9.61. The summed E-state index contributed by atoms with van der Waals surface area (Å²) in [6.07, 6.45) is 1.55. The van der Waals surface area contributed by atoms with E-state index in [-0.39, 0.29) is 17.9 Å². The Bertz CT molecular complexity index is 659. The fraction of sp³-hybridized carbons (Fsp3) is 0.231. The smallest absolute Gasteiger partial charge is 0.269 e. The number of aromatic nitrogens is 2. The molecule has 0 fully saturated rings. The zero-order chi connectivity index (χ0) is 14.5. The third kappa shape index (κ3) is 3.43. The highest BCUT2D eigenvalue weighted by atomic mass is 79.9. The average Bonchev–Trinajstić information content (AvgIpc) is 2.44. The fourth-order valence-corrected chi connectivity index (χ4v) is 2.09. The lowest BCUT2D eigenvalue weighted by Gasteiger charge is -2.09. The lowest BCUT2D eigenvalue weighted by Crippen LogP contribution is -2.24. The van der Waals surface area contributed by atoms with Crippen LogP contribution in [0.2, 0.25) is 0 Å². The summed E-state index contributed by atoms with van der Waals surface area (Å²) in [5.41, 5.74) is 6.38. The van der Waals surface area contributed by atoms with Gasteiger partial charge in [-0.1, -0.05) is 12.1 Å². The number of nitrogens with one attached hydrogen (secondary N) is 1. The largest absolute Gasteiger partial charge is 0.382 e. The van der Waals surface area contributed by atoms with Gasteiger partial charge in [0, 0.05) is 19.2 Å². The molecule has 0 aliphatic carbocycles. The van der Waals surface area contributed by atoms with Crippen LogP contribution < -0.4 is 16.6 Å². The van der Waals surface area contributed by atoms with Gasteiger partial charge in [0.15, 0.2) is 0 Å². The first-order valence-corrected chi connectivity index (χ1v) is 6.85. The minimum Gasteiger partial charge on any atom is -0.382 e. The molecule has 0 radical (unpaired) electrons. The van der Waals surface area contributed by atoms with Gasteiger partial charge in [0.25, 0.3) is 5.56 Å². The second-order valence-corrected chi connectivity index (χ2v) is 4.96. The van der Waals surface area contributed by atoms with Crippen LogP contribution in [0.5, 0.6) is 0 Å². The minimum atomic E-state index is -0.364. The van der Waals surface area contributed by atoms with Gasteiger partial charge in [0.05, 0.1) is 22.9 Å². The van der Waals surface area contributed by atoms with Crippen molar-refractivity contribution in [3.63, 3.8) is 0 Å². The maximum absolute atomic E-state index is 13.4. The lowest BCUT2D eigenvalue weighted by atomic mass is 10.2. The quantitative estimate of drug-likeness (QED) is 0.866. The van der Waals surface area contributed by atoms with Crippen LogP contribution in [-0.4, -0.2) is 22.9 Å². The summed E-state index contributed by atoms with van der Waals surface area (Å²) in [5.74, 6) is -0.364. The van der Waals surface area contributed by atoms with Gasteiger partial charge < -0.3 is 11.1 Å². The molecule has 0 bridgehead atoms.